The Bertz CT molecular complexity index is 542. The number of nitro groups is 1. The van der Waals surface area contributed by atoms with E-state index < -0.39 is 4.92 Å². The first-order valence-corrected chi connectivity index (χ1v) is 6.14. The molecule has 0 amide bonds. The molecule has 0 fully saturated rings. The largest absolute Gasteiger partial charge is 0.381 e. The van der Waals surface area contributed by atoms with Gasteiger partial charge in [0.1, 0.15) is 0 Å². The fourth-order valence-corrected chi connectivity index (χ4v) is 2.17. The van der Waals surface area contributed by atoms with Gasteiger partial charge in [-0.3, -0.25) is 16.0 Å². The molecule has 0 bridgehead atoms. The first-order chi connectivity index (χ1) is 8.69. The second kappa shape index (κ2) is 5.48. The molecule has 6 nitrogen and oxygen atoms in total. The number of non-ortho nitro benzene ring substituents is 1. The molecule has 0 saturated heterocycles. The van der Waals surface area contributed by atoms with Gasteiger partial charge in [0.15, 0.2) is 0 Å². The molecule has 1 aromatic heterocycles. The number of hydrazine groups is 1. The van der Waals surface area contributed by atoms with E-state index in [1.807, 2.05) is 16.8 Å². The molecule has 0 aliphatic carbocycles. The quantitative estimate of drug-likeness (QED) is 0.438. The number of hydrogen-bond donors (Lipinski definition) is 3. The number of nitro benzene ring substituents is 1. The molecule has 7 heteroatoms. The van der Waals surface area contributed by atoms with E-state index in [1.165, 1.54) is 12.1 Å². The third-order valence-electron chi connectivity index (χ3n) is 2.37. The Morgan fingerprint density at radius 3 is 2.72 bits per heavy atom. The molecule has 0 unspecified atom stereocenters. The van der Waals surface area contributed by atoms with Gasteiger partial charge in [0.25, 0.3) is 5.69 Å². The predicted molar refractivity (Wildman–Crippen MR) is 72.6 cm³/mol. The van der Waals surface area contributed by atoms with E-state index in [0.717, 1.165) is 5.56 Å². The summed E-state index contributed by atoms with van der Waals surface area (Å²) in [5.41, 5.74) is 4.70. The van der Waals surface area contributed by atoms with Gasteiger partial charge in [-0.05, 0) is 28.5 Å². The van der Waals surface area contributed by atoms with Crippen molar-refractivity contribution < 1.29 is 4.92 Å². The Morgan fingerprint density at radius 2 is 2.11 bits per heavy atom. The van der Waals surface area contributed by atoms with Crippen molar-refractivity contribution in [2.75, 3.05) is 10.7 Å². The second-order valence-electron chi connectivity index (χ2n) is 3.66. The van der Waals surface area contributed by atoms with Crippen molar-refractivity contribution in [2.45, 2.75) is 6.54 Å². The summed E-state index contributed by atoms with van der Waals surface area (Å²) in [7, 11) is 0. The van der Waals surface area contributed by atoms with Crippen LogP contribution in [0.2, 0.25) is 0 Å². The van der Waals surface area contributed by atoms with Crippen LogP contribution in [0.5, 0.6) is 0 Å². The lowest BCUT2D eigenvalue weighted by Crippen LogP contribution is -2.08. The molecular formula is C11H12N4O2S. The minimum atomic E-state index is -0.448. The number of benzene rings is 1. The first-order valence-electron chi connectivity index (χ1n) is 5.20. The molecule has 0 saturated carbocycles. The first kappa shape index (κ1) is 12.3. The number of nitrogens with zero attached hydrogens (tertiary/aromatic N) is 1. The molecule has 0 aliphatic heterocycles. The van der Waals surface area contributed by atoms with Gasteiger partial charge in [-0.15, -0.1) is 0 Å². The Labute approximate surface area is 108 Å². The maximum atomic E-state index is 10.8. The topological polar surface area (TPSA) is 93.2 Å². The van der Waals surface area contributed by atoms with E-state index in [2.05, 4.69) is 10.7 Å². The zero-order valence-electron chi connectivity index (χ0n) is 9.42. The third-order valence-corrected chi connectivity index (χ3v) is 3.10. The molecule has 4 N–H and O–H groups in total. The van der Waals surface area contributed by atoms with Crippen LogP contribution in [0.1, 0.15) is 5.56 Å². The smallest absolute Gasteiger partial charge is 0.273 e. The highest BCUT2D eigenvalue weighted by Crippen LogP contribution is 2.24. The highest BCUT2D eigenvalue weighted by molar-refractivity contribution is 7.07. The third kappa shape index (κ3) is 2.96. The molecule has 94 valence electrons. The zero-order valence-corrected chi connectivity index (χ0v) is 10.2. The molecule has 0 atom stereocenters. The van der Waals surface area contributed by atoms with E-state index >= 15 is 0 Å². The summed E-state index contributed by atoms with van der Waals surface area (Å²) in [4.78, 5) is 10.3. The van der Waals surface area contributed by atoms with E-state index in [9.17, 15) is 10.1 Å². The van der Waals surface area contributed by atoms with Crippen LogP contribution < -0.4 is 16.6 Å². The number of hydrogen-bond acceptors (Lipinski definition) is 6. The summed E-state index contributed by atoms with van der Waals surface area (Å²) in [5.74, 6) is 5.28. The fourth-order valence-electron chi connectivity index (χ4n) is 1.50. The molecular weight excluding hydrogens is 252 g/mol. The lowest BCUT2D eigenvalue weighted by atomic mass is 10.2. The summed E-state index contributed by atoms with van der Waals surface area (Å²) in [5, 5.41) is 17.9. The van der Waals surface area contributed by atoms with E-state index in [1.54, 1.807) is 17.4 Å². The van der Waals surface area contributed by atoms with Crippen molar-refractivity contribution in [3.05, 3.63) is 50.7 Å². The Kier molecular flexibility index (Phi) is 3.75. The fraction of sp³-hybridized carbons (Fsp3) is 0.0909. The highest BCUT2D eigenvalue weighted by Gasteiger charge is 2.09. The molecule has 18 heavy (non-hydrogen) atoms. The predicted octanol–water partition coefficient (Wildman–Crippen LogP) is 2.55. The maximum Gasteiger partial charge on any atom is 0.273 e. The van der Waals surface area contributed by atoms with Gasteiger partial charge in [-0.25, -0.2) is 0 Å². The Balaban J connectivity index is 2.16. The van der Waals surface area contributed by atoms with Gasteiger partial charge < -0.3 is 10.7 Å². The number of rotatable bonds is 5. The molecule has 0 radical (unpaired) electrons. The van der Waals surface area contributed by atoms with Gasteiger partial charge in [-0.2, -0.15) is 11.3 Å². The zero-order chi connectivity index (χ0) is 13.0. The van der Waals surface area contributed by atoms with Gasteiger partial charge in [0, 0.05) is 24.4 Å². The van der Waals surface area contributed by atoms with Crippen LogP contribution in [0.15, 0.2) is 35.0 Å². The summed E-state index contributed by atoms with van der Waals surface area (Å²) < 4.78 is 0. The summed E-state index contributed by atoms with van der Waals surface area (Å²) in [6, 6.07) is 6.58. The molecule has 1 aromatic carbocycles. The standard InChI is InChI=1S/C11H12N4O2S/c12-14-10-3-9(4-11(5-10)15(16)17)13-6-8-1-2-18-7-8/h1-5,7,13-14H,6,12H2. The van der Waals surface area contributed by atoms with Crippen LogP contribution in [-0.4, -0.2) is 4.92 Å². The van der Waals surface area contributed by atoms with Crippen molar-refractivity contribution in [1.29, 1.82) is 0 Å². The van der Waals surface area contributed by atoms with Gasteiger partial charge >= 0.3 is 0 Å². The van der Waals surface area contributed by atoms with Crippen molar-refractivity contribution >= 4 is 28.4 Å². The van der Waals surface area contributed by atoms with Crippen LogP contribution in [0.3, 0.4) is 0 Å². The molecule has 0 aliphatic rings. The summed E-state index contributed by atoms with van der Waals surface area (Å²) in [6.07, 6.45) is 0. The number of anilines is 2. The number of nitrogen functional groups attached to an aromatic ring is 1. The van der Waals surface area contributed by atoms with Crippen LogP contribution in [0.4, 0.5) is 17.1 Å². The Morgan fingerprint density at radius 1 is 1.33 bits per heavy atom. The average molecular weight is 264 g/mol. The Hall–Kier alpha value is -2.12. The van der Waals surface area contributed by atoms with Gasteiger partial charge in [0.05, 0.1) is 10.6 Å². The van der Waals surface area contributed by atoms with Crippen molar-refractivity contribution in [3.63, 3.8) is 0 Å². The molecule has 1 heterocycles. The van der Waals surface area contributed by atoms with Crippen molar-refractivity contribution in [3.8, 4) is 0 Å². The number of thiophene rings is 1. The van der Waals surface area contributed by atoms with Crippen molar-refractivity contribution in [2.24, 2.45) is 5.84 Å². The maximum absolute atomic E-state index is 10.8. The minimum absolute atomic E-state index is 0.00160. The monoisotopic (exact) mass is 264 g/mol. The van der Waals surface area contributed by atoms with E-state index in [-0.39, 0.29) is 5.69 Å². The van der Waals surface area contributed by atoms with Crippen LogP contribution in [0.25, 0.3) is 0 Å². The number of nitrogens with one attached hydrogen (secondary N) is 2. The lowest BCUT2D eigenvalue weighted by molar-refractivity contribution is -0.384. The summed E-state index contributed by atoms with van der Waals surface area (Å²) in [6.45, 7) is 0.620. The molecule has 2 rings (SSSR count). The van der Waals surface area contributed by atoms with Crippen LogP contribution >= 0.6 is 11.3 Å². The SMILES string of the molecule is NNc1cc(NCc2ccsc2)cc([N+](=O)[O-])c1. The van der Waals surface area contributed by atoms with E-state index in [4.69, 9.17) is 5.84 Å². The lowest BCUT2D eigenvalue weighted by Gasteiger charge is -2.07. The van der Waals surface area contributed by atoms with Crippen LogP contribution in [-0.2, 0) is 6.54 Å². The molecule has 2 aromatic rings. The van der Waals surface area contributed by atoms with Crippen molar-refractivity contribution in [1.82, 2.24) is 0 Å². The number of nitrogens with two attached hydrogens (primary N) is 1. The van der Waals surface area contributed by atoms with Crippen LogP contribution in [0, 0.1) is 10.1 Å². The van der Waals surface area contributed by atoms with E-state index in [0.29, 0.717) is 17.9 Å². The highest BCUT2D eigenvalue weighted by atomic mass is 32.1. The van der Waals surface area contributed by atoms with Gasteiger partial charge in [0.2, 0.25) is 0 Å². The van der Waals surface area contributed by atoms with Gasteiger partial charge in [-0.1, -0.05) is 0 Å². The normalized spacial score (nSPS) is 10.1. The average Bonchev–Trinajstić information content (AvgIpc) is 2.89. The summed E-state index contributed by atoms with van der Waals surface area (Å²) >= 11 is 1.61. The molecule has 0 spiro atoms. The second-order valence-corrected chi connectivity index (χ2v) is 4.44. The minimum Gasteiger partial charge on any atom is -0.381 e.